The van der Waals surface area contributed by atoms with E-state index in [1.54, 1.807) is 0 Å². The monoisotopic (exact) mass is 1030 g/mol. The van der Waals surface area contributed by atoms with Gasteiger partial charge in [0.25, 0.3) is 0 Å². The molecule has 2 amide bonds. The predicted octanol–water partition coefficient (Wildman–Crippen LogP) is 11.4. The normalized spacial score (nSPS) is 32.9. The molecule has 14 nitrogen and oxygen atoms in total. The van der Waals surface area contributed by atoms with Gasteiger partial charge in [0.15, 0.2) is 11.4 Å². The standard InChI is InChI=1S/C22H33F3N4O2.C17H32N2O2.C11H15F3N4.ClH/c1-13(2)15-8-7-14(3)10-16(15)31-20(30)28-17-6-5-9-21(17,4)29-19-12-26-18(11-27-19)22(23,24)25;1-11(2)13-8-7-12(3)10-14(13)21-16(20)19-15-6-5-9-17(15,4)18;1-10(4-2-3-7(10)15)18-9-6-16-8(5-17-9)11(12,13)14;/h11-17H,5-10H2,1-4H3,(H,27,29)(H,28,30);11-15H,5-10,18H2,1-4H3,(H,19,20);5-7H,2-4,15H2,1H3,(H,17,18);1H/t14-,15+,16-,17?,21+;12-,13+,14-,15?,17?;7-,10-;/m110./s1. The van der Waals surface area contributed by atoms with Crippen molar-refractivity contribution in [3.63, 3.8) is 0 Å². The molecule has 0 spiro atoms. The molecule has 0 aliphatic heterocycles. The van der Waals surface area contributed by atoms with Gasteiger partial charge < -0.3 is 42.2 Å². The van der Waals surface area contributed by atoms with Gasteiger partial charge in [-0.2, -0.15) is 26.3 Å². The number of anilines is 2. The highest BCUT2D eigenvalue weighted by Gasteiger charge is 2.43. The third kappa shape index (κ3) is 16.8. The molecular weight excluding hydrogens is 954 g/mol. The Labute approximate surface area is 422 Å². The molecule has 0 radical (unpaired) electrons. The van der Waals surface area contributed by atoms with Crippen LogP contribution in [-0.4, -0.2) is 79.1 Å². The number of halogens is 7. The summed E-state index contributed by atoms with van der Waals surface area (Å²) < 4.78 is 86.8. The van der Waals surface area contributed by atoms with Crippen molar-refractivity contribution < 1.29 is 45.4 Å². The average molecular weight is 1040 g/mol. The summed E-state index contributed by atoms with van der Waals surface area (Å²) in [6, 6.07) is -0.201. The van der Waals surface area contributed by atoms with E-state index in [9.17, 15) is 35.9 Å². The number of hydrogen-bond acceptors (Lipinski definition) is 12. The van der Waals surface area contributed by atoms with Crippen molar-refractivity contribution in [2.24, 2.45) is 47.0 Å². The number of alkyl carbamates (subject to hydrolysis) is 2. The molecule has 7 rings (SSSR count). The summed E-state index contributed by atoms with van der Waals surface area (Å²) in [4.78, 5) is 39.4. The van der Waals surface area contributed by atoms with Gasteiger partial charge in [0, 0.05) is 17.6 Å². The number of carbonyl (C=O) groups excluding carboxylic acids is 2. The number of nitrogens with zero attached hydrogens (tertiary/aromatic N) is 4. The lowest BCUT2D eigenvalue weighted by molar-refractivity contribution is -0.142. The maximum Gasteiger partial charge on any atom is 0.434 e. The van der Waals surface area contributed by atoms with Gasteiger partial charge in [-0.15, -0.1) is 12.4 Å². The summed E-state index contributed by atoms with van der Waals surface area (Å²) in [6.45, 7) is 19.1. The Morgan fingerprint density at radius 1 is 0.620 bits per heavy atom. The molecule has 5 aliphatic carbocycles. The highest BCUT2D eigenvalue weighted by Crippen LogP contribution is 2.39. The smallest absolute Gasteiger partial charge is 0.434 e. The van der Waals surface area contributed by atoms with Crippen LogP contribution in [-0.2, 0) is 21.8 Å². The zero-order valence-corrected chi connectivity index (χ0v) is 43.8. The lowest BCUT2D eigenvalue weighted by atomic mass is 9.75. The van der Waals surface area contributed by atoms with Crippen molar-refractivity contribution in [3.8, 4) is 0 Å². The molecule has 404 valence electrons. The Morgan fingerprint density at radius 3 is 1.41 bits per heavy atom. The first-order valence-corrected chi connectivity index (χ1v) is 25.4. The first-order valence-electron chi connectivity index (χ1n) is 25.4. The van der Waals surface area contributed by atoms with Gasteiger partial charge in [-0.3, -0.25) is 0 Å². The summed E-state index contributed by atoms with van der Waals surface area (Å²) in [5, 5.41) is 12.3. The van der Waals surface area contributed by atoms with Gasteiger partial charge in [0.1, 0.15) is 23.8 Å². The van der Waals surface area contributed by atoms with Crippen LogP contribution in [0.2, 0.25) is 0 Å². The Hall–Kier alpha value is -3.91. The van der Waals surface area contributed by atoms with E-state index in [4.69, 9.17) is 20.9 Å². The fourth-order valence-corrected chi connectivity index (χ4v) is 11.1. The van der Waals surface area contributed by atoms with Crippen molar-refractivity contribution in [1.29, 1.82) is 0 Å². The minimum absolute atomic E-state index is 0. The van der Waals surface area contributed by atoms with Crippen molar-refractivity contribution in [2.75, 3.05) is 10.6 Å². The molecule has 5 aliphatic rings. The summed E-state index contributed by atoms with van der Waals surface area (Å²) in [5.41, 5.74) is 9.00. The zero-order valence-electron chi connectivity index (χ0n) is 43.0. The van der Waals surface area contributed by atoms with Crippen LogP contribution in [0.4, 0.5) is 47.6 Å². The molecule has 0 saturated heterocycles. The summed E-state index contributed by atoms with van der Waals surface area (Å²) >= 11 is 0. The Kier molecular flexibility index (Phi) is 20.9. The van der Waals surface area contributed by atoms with Gasteiger partial charge in [-0.1, -0.05) is 54.4 Å². The van der Waals surface area contributed by atoms with E-state index in [1.807, 2.05) is 20.8 Å². The van der Waals surface area contributed by atoms with Crippen LogP contribution in [0.15, 0.2) is 24.8 Å². The first-order chi connectivity index (χ1) is 32.6. The number of ether oxygens (including phenoxy) is 2. The SMILES string of the molecule is CC(C)[C@@H]1CC[C@@H](C)C[C@H]1OC(=O)NC1CCCC1(C)N.CC(C)[C@@H]1CC[C@@H](C)C[C@H]1OC(=O)NC1CCC[C@]1(C)Nc1cnc(C(F)(F)F)cn1.C[C@]1(Nc2cnc(C(F)(F)F)cn2)CCC[C@@H]1N.Cl. The van der Waals surface area contributed by atoms with Crippen LogP contribution in [0.5, 0.6) is 0 Å². The molecule has 71 heavy (non-hydrogen) atoms. The summed E-state index contributed by atoms with van der Waals surface area (Å²) in [6.07, 6.45) is 8.52. The van der Waals surface area contributed by atoms with E-state index in [0.717, 1.165) is 108 Å². The minimum atomic E-state index is -4.53. The van der Waals surface area contributed by atoms with Crippen LogP contribution >= 0.6 is 12.4 Å². The van der Waals surface area contributed by atoms with E-state index in [-0.39, 0.29) is 65.7 Å². The number of rotatable bonds is 10. The second-order valence-electron chi connectivity index (χ2n) is 22.4. The Morgan fingerprint density at radius 2 is 1.03 bits per heavy atom. The van der Waals surface area contributed by atoms with Gasteiger partial charge in [0.05, 0.1) is 41.9 Å². The molecule has 0 bridgehead atoms. The summed E-state index contributed by atoms with van der Waals surface area (Å²) in [7, 11) is 0. The quantitative estimate of drug-likeness (QED) is 0.123. The van der Waals surface area contributed by atoms with Gasteiger partial charge >= 0.3 is 24.5 Å². The van der Waals surface area contributed by atoms with Crippen LogP contribution < -0.4 is 32.7 Å². The molecular formula is C50H81ClF6N10O4. The Balaban J connectivity index is 0.000000240. The average Bonchev–Trinajstić information content (AvgIpc) is 3.90. The molecule has 2 heterocycles. The van der Waals surface area contributed by atoms with Crippen molar-refractivity contribution in [1.82, 2.24) is 30.6 Å². The first kappa shape index (κ1) is 59.7. The highest BCUT2D eigenvalue weighted by molar-refractivity contribution is 5.85. The van der Waals surface area contributed by atoms with Crippen LogP contribution in [0.25, 0.3) is 0 Å². The molecule has 21 heteroatoms. The third-order valence-electron chi connectivity index (χ3n) is 15.7. The van der Waals surface area contributed by atoms with E-state index in [2.05, 4.69) is 82.7 Å². The van der Waals surface area contributed by atoms with Crippen molar-refractivity contribution in [2.45, 2.75) is 218 Å². The maximum absolute atomic E-state index is 12.7. The molecule has 5 fully saturated rings. The Bertz CT molecular complexity index is 1980. The maximum atomic E-state index is 12.7. The predicted molar refractivity (Wildman–Crippen MR) is 265 cm³/mol. The topological polar surface area (TPSA) is 204 Å². The van der Waals surface area contributed by atoms with Gasteiger partial charge in [-0.25, -0.2) is 29.5 Å². The number of nitrogens with two attached hydrogens (primary N) is 2. The molecule has 5 saturated carbocycles. The number of aromatic nitrogens is 4. The second kappa shape index (κ2) is 24.9. The lowest BCUT2D eigenvalue weighted by Gasteiger charge is -2.38. The number of nitrogens with one attached hydrogen (secondary N) is 4. The van der Waals surface area contributed by atoms with Crippen LogP contribution in [0.3, 0.4) is 0 Å². The fourth-order valence-electron chi connectivity index (χ4n) is 11.1. The number of alkyl halides is 6. The van der Waals surface area contributed by atoms with Gasteiger partial charge in [0.2, 0.25) is 0 Å². The number of hydrogen-bond donors (Lipinski definition) is 6. The van der Waals surface area contributed by atoms with E-state index in [1.165, 1.54) is 6.42 Å². The lowest BCUT2D eigenvalue weighted by Crippen LogP contribution is -2.53. The van der Waals surface area contributed by atoms with Crippen molar-refractivity contribution in [3.05, 3.63) is 36.2 Å². The summed E-state index contributed by atoms with van der Waals surface area (Å²) in [5.74, 6) is 3.59. The van der Waals surface area contributed by atoms with E-state index in [0.29, 0.717) is 47.5 Å². The third-order valence-corrected chi connectivity index (χ3v) is 15.7. The van der Waals surface area contributed by atoms with Gasteiger partial charge in [-0.05, 0) is 140 Å². The molecule has 2 aromatic heterocycles. The minimum Gasteiger partial charge on any atom is -0.446 e. The fraction of sp³-hybridized carbons (Fsp3) is 0.800. The van der Waals surface area contributed by atoms with Crippen molar-refractivity contribution >= 4 is 36.2 Å². The van der Waals surface area contributed by atoms with E-state index >= 15 is 0 Å². The highest BCUT2D eigenvalue weighted by atomic mass is 35.5. The second-order valence-corrected chi connectivity index (χ2v) is 22.4. The van der Waals surface area contributed by atoms with Crippen LogP contribution in [0, 0.1) is 35.5 Å². The number of amides is 2. The zero-order chi connectivity index (χ0) is 51.8. The number of carbonyl (C=O) groups is 2. The molecule has 12 atom stereocenters. The largest absolute Gasteiger partial charge is 0.446 e. The van der Waals surface area contributed by atoms with Crippen LogP contribution in [0.1, 0.15) is 170 Å². The molecule has 0 aromatic carbocycles. The van der Waals surface area contributed by atoms with E-state index < -0.39 is 35.4 Å². The molecule has 3 unspecified atom stereocenters. The molecule has 2 aromatic rings. The molecule has 8 N–H and O–H groups in total.